The van der Waals surface area contributed by atoms with Crippen LogP contribution in [0.25, 0.3) is 0 Å². The molecule has 2 saturated heterocycles. The Labute approximate surface area is 136 Å². The number of nitrogens with one attached hydrogen (secondary N) is 1. The van der Waals surface area contributed by atoms with E-state index in [2.05, 4.69) is 5.32 Å². The van der Waals surface area contributed by atoms with Crippen molar-refractivity contribution in [1.29, 1.82) is 0 Å². The minimum atomic E-state index is -3.26. The zero-order valence-corrected chi connectivity index (χ0v) is 14.4. The zero-order chi connectivity index (χ0) is 17.2. The second kappa shape index (κ2) is 7.04. The van der Waals surface area contributed by atoms with Gasteiger partial charge in [-0.2, -0.15) is 4.31 Å². The van der Waals surface area contributed by atoms with E-state index in [0.717, 1.165) is 12.8 Å². The summed E-state index contributed by atoms with van der Waals surface area (Å²) in [4.78, 5) is 25.0. The molecule has 2 aliphatic rings. The Hall–Kier alpha value is -1.35. The van der Waals surface area contributed by atoms with Gasteiger partial charge in [-0.15, -0.1) is 0 Å². The third-order valence-electron chi connectivity index (χ3n) is 4.53. The van der Waals surface area contributed by atoms with Gasteiger partial charge in [0.25, 0.3) is 0 Å². The van der Waals surface area contributed by atoms with E-state index in [1.807, 2.05) is 6.92 Å². The summed E-state index contributed by atoms with van der Waals surface area (Å²) < 4.78 is 24.8. The first kappa shape index (κ1) is 18.0. The van der Waals surface area contributed by atoms with Gasteiger partial charge < -0.3 is 15.3 Å². The SMILES string of the molecule is CC1CC(C(=O)O)CN(C(=O)NC[C@H]2CCCN2S(C)(=O)=O)C1. The molecule has 23 heavy (non-hydrogen) atoms. The van der Waals surface area contributed by atoms with Crippen LogP contribution in [0.1, 0.15) is 26.2 Å². The fraction of sp³-hybridized carbons (Fsp3) is 0.857. The van der Waals surface area contributed by atoms with Crippen molar-refractivity contribution >= 4 is 22.0 Å². The highest BCUT2D eigenvalue weighted by molar-refractivity contribution is 7.88. The van der Waals surface area contributed by atoms with Crippen molar-refractivity contribution in [2.75, 3.05) is 32.4 Å². The molecule has 132 valence electrons. The standard InChI is InChI=1S/C14H25N3O5S/c1-10-6-11(13(18)19)9-16(8-10)14(20)15-7-12-4-3-5-17(12)23(2,21)22/h10-12H,3-9H2,1-2H3,(H,15,20)(H,18,19)/t10?,11?,12-/m1/s1. The van der Waals surface area contributed by atoms with Crippen molar-refractivity contribution in [3.8, 4) is 0 Å². The molecule has 2 aliphatic heterocycles. The van der Waals surface area contributed by atoms with Crippen LogP contribution in [0.5, 0.6) is 0 Å². The van der Waals surface area contributed by atoms with Gasteiger partial charge >= 0.3 is 12.0 Å². The minimum Gasteiger partial charge on any atom is -0.481 e. The number of aliphatic carboxylic acids is 1. The number of carboxylic acid groups (broad SMARTS) is 1. The maximum absolute atomic E-state index is 12.3. The predicted molar refractivity (Wildman–Crippen MR) is 84.5 cm³/mol. The van der Waals surface area contributed by atoms with Crippen LogP contribution in [0.4, 0.5) is 4.79 Å². The van der Waals surface area contributed by atoms with Crippen LogP contribution in [0.2, 0.25) is 0 Å². The first-order valence-electron chi connectivity index (χ1n) is 7.91. The topological polar surface area (TPSA) is 107 Å². The average molecular weight is 347 g/mol. The highest BCUT2D eigenvalue weighted by atomic mass is 32.2. The Bertz CT molecular complexity index is 565. The lowest BCUT2D eigenvalue weighted by Gasteiger charge is -2.35. The molecule has 3 atom stereocenters. The molecule has 0 spiro atoms. The first-order chi connectivity index (χ1) is 10.7. The van der Waals surface area contributed by atoms with Crippen molar-refractivity contribution in [1.82, 2.24) is 14.5 Å². The van der Waals surface area contributed by atoms with Crippen molar-refractivity contribution in [3.63, 3.8) is 0 Å². The number of rotatable bonds is 4. The number of hydrogen-bond acceptors (Lipinski definition) is 4. The van der Waals surface area contributed by atoms with Crippen molar-refractivity contribution in [2.24, 2.45) is 11.8 Å². The smallest absolute Gasteiger partial charge is 0.317 e. The zero-order valence-electron chi connectivity index (χ0n) is 13.6. The maximum atomic E-state index is 12.3. The van der Waals surface area contributed by atoms with Crippen molar-refractivity contribution in [3.05, 3.63) is 0 Å². The first-order valence-corrected chi connectivity index (χ1v) is 9.75. The maximum Gasteiger partial charge on any atom is 0.317 e. The third kappa shape index (κ3) is 4.57. The summed E-state index contributed by atoms with van der Waals surface area (Å²) >= 11 is 0. The van der Waals surface area contributed by atoms with Gasteiger partial charge in [0, 0.05) is 32.2 Å². The Morgan fingerprint density at radius 1 is 1.30 bits per heavy atom. The summed E-state index contributed by atoms with van der Waals surface area (Å²) in [6, 6.07) is -0.533. The molecule has 0 radical (unpaired) electrons. The van der Waals surface area contributed by atoms with Gasteiger partial charge in [0.05, 0.1) is 12.2 Å². The second-order valence-electron chi connectivity index (χ2n) is 6.64. The van der Waals surface area contributed by atoms with E-state index in [0.29, 0.717) is 19.5 Å². The lowest BCUT2D eigenvalue weighted by atomic mass is 9.91. The summed E-state index contributed by atoms with van der Waals surface area (Å²) in [5.41, 5.74) is 0. The molecule has 2 N–H and O–H groups in total. The molecule has 0 aromatic rings. The highest BCUT2D eigenvalue weighted by Gasteiger charge is 2.34. The molecule has 2 heterocycles. The molecule has 0 saturated carbocycles. The van der Waals surface area contributed by atoms with Crippen LogP contribution in [0.3, 0.4) is 0 Å². The number of carboxylic acids is 1. The summed E-state index contributed by atoms with van der Waals surface area (Å²) in [5.74, 6) is -1.29. The van der Waals surface area contributed by atoms with Crippen LogP contribution in [-0.2, 0) is 14.8 Å². The molecule has 2 amide bonds. The van der Waals surface area contributed by atoms with Gasteiger partial charge in [-0.25, -0.2) is 13.2 Å². The Kier molecular flexibility index (Phi) is 5.51. The lowest BCUT2D eigenvalue weighted by molar-refractivity contribution is -0.143. The number of nitrogens with zero attached hydrogens (tertiary/aromatic N) is 2. The minimum absolute atomic E-state index is 0.134. The number of carbonyl (C=O) groups excluding carboxylic acids is 1. The molecule has 0 aromatic carbocycles. The predicted octanol–water partition coefficient (Wildman–Crippen LogP) is 0.163. The van der Waals surface area contributed by atoms with Gasteiger partial charge in [0.1, 0.15) is 0 Å². The lowest BCUT2D eigenvalue weighted by Crippen LogP contribution is -2.51. The summed E-state index contributed by atoms with van der Waals surface area (Å²) in [7, 11) is -3.26. The third-order valence-corrected chi connectivity index (χ3v) is 5.87. The summed E-state index contributed by atoms with van der Waals surface area (Å²) in [6.45, 7) is 3.40. The van der Waals surface area contributed by atoms with E-state index in [1.165, 1.54) is 15.5 Å². The number of sulfonamides is 1. The molecule has 8 nitrogen and oxygen atoms in total. The second-order valence-corrected chi connectivity index (χ2v) is 8.57. The normalized spacial score (nSPS) is 29.5. The fourth-order valence-electron chi connectivity index (χ4n) is 3.46. The van der Waals surface area contributed by atoms with E-state index in [1.54, 1.807) is 0 Å². The van der Waals surface area contributed by atoms with Crippen LogP contribution in [0, 0.1) is 11.8 Å². The Balaban J connectivity index is 1.90. The number of piperidine rings is 1. The average Bonchev–Trinajstić information content (AvgIpc) is 2.92. The van der Waals surface area contributed by atoms with Gasteiger partial charge in [-0.05, 0) is 25.2 Å². The molecular formula is C14H25N3O5S. The highest BCUT2D eigenvalue weighted by Crippen LogP contribution is 2.22. The number of hydrogen-bond donors (Lipinski definition) is 2. The van der Waals surface area contributed by atoms with Gasteiger partial charge in [-0.3, -0.25) is 4.79 Å². The van der Waals surface area contributed by atoms with Gasteiger partial charge in [0.15, 0.2) is 0 Å². The Morgan fingerprint density at radius 2 is 2.00 bits per heavy atom. The van der Waals surface area contributed by atoms with Crippen LogP contribution < -0.4 is 5.32 Å². The van der Waals surface area contributed by atoms with Crippen LogP contribution in [0.15, 0.2) is 0 Å². The molecule has 2 unspecified atom stereocenters. The van der Waals surface area contributed by atoms with E-state index in [4.69, 9.17) is 5.11 Å². The molecule has 0 aliphatic carbocycles. The fourth-order valence-corrected chi connectivity index (χ4v) is 4.65. The van der Waals surface area contributed by atoms with Crippen molar-refractivity contribution in [2.45, 2.75) is 32.2 Å². The molecular weight excluding hydrogens is 322 g/mol. The van der Waals surface area contributed by atoms with Gasteiger partial charge in [0.2, 0.25) is 10.0 Å². The molecule has 2 rings (SSSR count). The summed E-state index contributed by atoms with van der Waals surface area (Å²) in [5, 5.41) is 11.9. The molecule has 0 bridgehead atoms. The van der Waals surface area contributed by atoms with E-state index in [9.17, 15) is 18.0 Å². The summed E-state index contributed by atoms with van der Waals surface area (Å²) in [6.07, 6.45) is 3.26. The van der Waals surface area contributed by atoms with E-state index < -0.39 is 21.9 Å². The van der Waals surface area contributed by atoms with Crippen LogP contribution in [-0.4, -0.2) is 73.2 Å². The monoisotopic (exact) mass is 347 g/mol. The van der Waals surface area contributed by atoms with E-state index >= 15 is 0 Å². The largest absolute Gasteiger partial charge is 0.481 e. The number of carbonyl (C=O) groups is 2. The Morgan fingerprint density at radius 3 is 2.61 bits per heavy atom. The molecule has 0 aromatic heterocycles. The molecule has 9 heteroatoms. The number of amides is 2. The van der Waals surface area contributed by atoms with Crippen LogP contribution >= 0.6 is 0 Å². The number of likely N-dealkylation sites (tertiary alicyclic amines) is 1. The van der Waals surface area contributed by atoms with Gasteiger partial charge in [-0.1, -0.05) is 6.92 Å². The van der Waals surface area contributed by atoms with Crippen molar-refractivity contribution < 1.29 is 23.1 Å². The van der Waals surface area contributed by atoms with E-state index in [-0.39, 0.29) is 31.1 Å². The quantitative estimate of drug-likeness (QED) is 0.753. The number of urea groups is 1. The molecule has 2 fully saturated rings.